The molecule has 1 aliphatic carbocycles. The fourth-order valence-electron chi connectivity index (χ4n) is 5.40. The molecule has 0 bridgehead atoms. The minimum atomic E-state index is -0.445. The van der Waals surface area contributed by atoms with Gasteiger partial charge >= 0.3 is 0 Å². The van der Waals surface area contributed by atoms with E-state index in [1.165, 1.54) is 24.9 Å². The molecule has 0 spiro atoms. The highest BCUT2D eigenvalue weighted by molar-refractivity contribution is 5.97. The van der Waals surface area contributed by atoms with Crippen LogP contribution in [0.25, 0.3) is 22.5 Å². The Morgan fingerprint density at radius 1 is 0.977 bits per heavy atom. The lowest BCUT2D eigenvalue weighted by Crippen LogP contribution is -2.27. The molecule has 0 unspecified atom stereocenters. The average molecular weight is 600 g/mol. The number of carbonyl (C=O) groups is 2. The Kier molecular flexibility index (Phi) is 8.74. The van der Waals surface area contributed by atoms with Crippen LogP contribution in [0.1, 0.15) is 30.5 Å². The summed E-state index contributed by atoms with van der Waals surface area (Å²) in [6.45, 7) is 1.25. The van der Waals surface area contributed by atoms with Gasteiger partial charge in [0.25, 0.3) is 0 Å². The van der Waals surface area contributed by atoms with E-state index in [4.69, 9.17) is 14.2 Å². The number of rotatable bonds is 9. The second-order valence-electron chi connectivity index (χ2n) is 10.1. The van der Waals surface area contributed by atoms with Crippen molar-refractivity contribution in [3.8, 4) is 39.8 Å². The van der Waals surface area contributed by atoms with Gasteiger partial charge in [-0.05, 0) is 65.1 Å². The summed E-state index contributed by atoms with van der Waals surface area (Å²) in [6.07, 6.45) is 1.12. The number of nitrogens with one attached hydrogen (secondary N) is 3. The van der Waals surface area contributed by atoms with Crippen molar-refractivity contribution in [2.45, 2.75) is 25.8 Å². The molecule has 4 aromatic rings. The maximum absolute atomic E-state index is 13.5. The van der Waals surface area contributed by atoms with Crippen LogP contribution in [0.3, 0.4) is 0 Å². The molecule has 3 N–H and O–H groups in total. The number of aromatic nitrogens is 4. The quantitative estimate of drug-likeness (QED) is 0.261. The van der Waals surface area contributed by atoms with E-state index in [9.17, 15) is 14.4 Å². The van der Waals surface area contributed by atoms with E-state index in [-0.39, 0.29) is 29.5 Å². The van der Waals surface area contributed by atoms with Crippen molar-refractivity contribution in [3.05, 3.63) is 69.9 Å². The average Bonchev–Trinajstić information content (AvgIpc) is 3.31. The Balaban J connectivity index is 1.50. The minimum absolute atomic E-state index is 0.188. The predicted molar refractivity (Wildman–Crippen MR) is 164 cm³/mol. The van der Waals surface area contributed by atoms with E-state index in [1.54, 1.807) is 51.6 Å². The maximum Gasteiger partial charge on any atom is 0.243 e. The summed E-state index contributed by atoms with van der Waals surface area (Å²) in [5.41, 5.74) is 3.94. The van der Waals surface area contributed by atoms with Gasteiger partial charge in [-0.25, -0.2) is 0 Å². The maximum atomic E-state index is 13.5. The number of carbonyl (C=O) groups excluding carboxylic acids is 2. The van der Waals surface area contributed by atoms with Crippen molar-refractivity contribution in [2.75, 3.05) is 38.5 Å². The Bertz CT molecular complexity index is 1790. The third-order valence-electron chi connectivity index (χ3n) is 7.31. The van der Waals surface area contributed by atoms with Gasteiger partial charge in [0, 0.05) is 18.1 Å². The summed E-state index contributed by atoms with van der Waals surface area (Å²) in [5, 5.41) is 20.9. The van der Waals surface area contributed by atoms with E-state index >= 15 is 0 Å². The largest absolute Gasteiger partial charge is 0.493 e. The molecule has 5 rings (SSSR count). The number of tetrazole rings is 1. The molecule has 1 aliphatic rings. The molecule has 0 fully saturated rings. The monoisotopic (exact) mass is 599 g/mol. The van der Waals surface area contributed by atoms with Gasteiger partial charge in [-0.15, -0.1) is 10.2 Å². The van der Waals surface area contributed by atoms with Crippen molar-refractivity contribution in [3.63, 3.8) is 0 Å². The van der Waals surface area contributed by atoms with Crippen LogP contribution in [-0.2, 0) is 23.1 Å². The van der Waals surface area contributed by atoms with Crippen LogP contribution in [0.4, 0.5) is 11.4 Å². The molecule has 1 aromatic heterocycles. The number of anilines is 2. The molecule has 0 radical (unpaired) electrons. The molecule has 13 heteroatoms. The molecular weight excluding hydrogens is 566 g/mol. The van der Waals surface area contributed by atoms with E-state index < -0.39 is 6.04 Å². The number of benzene rings is 2. The zero-order chi connectivity index (χ0) is 31.4. The van der Waals surface area contributed by atoms with Crippen molar-refractivity contribution in [1.82, 2.24) is 25.5 Å². The second-order valence-corrected chi connectivity index (χ2v) is 10.1. The van der Waals surface area contributed by atoms with E-state index in [2.05, 4.69) is 31.4 Å². The smallest absolute Gasteiger partial charge is 0.243 e. The second kappa shape index (κ2) is 12.8. The molecule has 1 heterocycles. The predicted octanol–water partition coefficient (Wildman–Crippen LogP) is 3.10. The minimum Gasteiger partial charge on any atom is -0.493 e. The van der Waals surface area contributed by atoms with E-state index in [0.717, 1.165) is 11.1 Å². The first-order valence-corrected chi connectivity index (χ1v) is 13.9. The van der Waals surface area contributed by atoms with Crippen LogP contribution < -0.4 is 35.6 Å². The zero-order valence-corrected chi connectivity index (χ0v) is 25.1. The summed E-state index contributed by atoms with van der Waals surface area (Å²) >= 11 is 0. The first-order chi connectivity index (χ1) is 21.2. The molecule has 1 atom stereocenters. The van der Waals surface area contributed by atoms with Gasteiger partial charge in [0.05, 0.1) is 52.3 Å². The van der Waals surface area contributed by atoms with Crippen LogP contribution in [0.5, 0.6) is 17.2 Å². The number of para-hydroxylation sites is 1. The lowest BCUT2D eigenvalue weighted by atomic mass is 9.95. The molecule has 3 aromatic carbocycles. The molecule has 228 valence electrons. The van der Waals surface area contributed by atoms with Crippen molar-refractivity contribution in [1.29, 1.82) is 0 Å². The summed E-state index contributed by atoms with van der Waals surface area (Å²) in [5.74, 6) is 1.15. The van der Waals surface area contributed by atoms with Crippen LogP contribution >= 0.6 is 0 Å². The highest BCUT2D eigenvalue weighted by Gasteiger charge is 2.29. The van der Waals surface area contributed by atoms with Crippen molar-refractivity contribution >= 4 is 23.2 Å². The Morgan fingerprint density at radius 3 is 2.43 bits per heavy atom. The number of amides is 2. The standard InChI is InChI=1S/C31H33N7O6/c1-17(39)33-23-12-10-18-14-26(42-3)29(43-4)30(44-5)28(18)19-11-13-24(25(40)15-21(19)23)32-16-27(41)34-22-9-7-6-8-20(22)31-35-37-38(2)36-31/h6-9,11,13-15,23H,10,12,16H2,1-5H3,(H,32,40)(H,33,39)(H,34,41)/t23-/m1/s1. The fourth-order valence-corrected chi connectivity index (χ4v) is 5.40. The van der Waals surface area contributed by atoms with Crippen LogP contribution in [0.2, 0.25) is 0 Å². The molecule has 13 nitrogen and oxygen atoms in total. The van der Waals surface area contributed by atoms with E-state index in [0.29, 0.717) is 58.3 Å². The Labute approximate surface area is 253 Å². The lowest BCUT2D eigenvalue weighted by molar-refractivity contribution is -0.119. The van der Waals surface area contributed by atoms with Crippen molar-refractivity contribution < 1.29 is 23.8 Å². The topological polar surface area (TPSA) is 159 Å². The third-order valence-corrected chi connectivity index (χ3v) is 7.31. The number of methoxy groups -OCH3 is 3. The third kappa shape index (κ3) is 6.02. The number of aryl methyl sites for hydroxylation is 2. The summed E-state index contributed by atoms with van der Waals surface area (Å²) in [4.78, 5) is 40.0. The van der Waals surface area contributed by atoms with Gasteiger partial charge in [0.1, 0.15) is 0 Å². The SMILES string of the molecule is COc1cc2c(c(OC)c1OC)-c1ccc(NCC(=O)Nc3ccccc3-c3nnn(C)n3)c(=O)cc1[C@H](NC(C)=O)CC2. The number of hydrogen-bond donors (Lipinski definition) is 3. The molecule has 44 heavy (non-hydrogen) atoms. The summed E-state index contributed by atoms with van der Waals surface area (Å²) < 4.78 is 17.0. The Hall–Kier alpha value is -5.46. The molecule has 0 aliphatic heterocycles. The highest BCUT2D eigenvalue weighted by Crippen LogP contribution is 2.50. The number of hydrogen-bond acceptors (Lipinski definition) is 10. The lowest BCUT2D eigenvalue weighted by Gasteiger charge is -2.19. The van der Waals surface area contributed by atoms with Crippen LogP contribution in [0, 0.1) is 0 Å². The van der Waals surface area contributed by atoms with Gasteiger partial charge in [-0.2, -0.15) is 4.80 Å². The highest BCUT2D eigenvalue weighted by atomic mass is 16.5. The zero-order valence-electron chi connectivity index (χ0n) is 25.1. The molecular formula is C31H33N7O6. The van der Waals surface area contributed by atoms with Crippen LogP contribution in [-0.4, -0.2) is 59.9 Å². The van der Waals surface area contributed by atoms with Gasteiger partial charge in [-0.1, -0.05) is 18.2 Å². The Morgan fingerprint density at radius 2 is 1.75 bits per heavy atom. The summed E-state index contributed by atoms with van der Waals surface area (Å²) in [6, 6.07) is 13.5. The van der Waals surface area contributed by atoms with Crippen molar-refractivity contribution in [2.24, 2.45) is 7.05 Å². The summed E-state index contributed by atoms with van der Waals surface area (Å²) in [7, 11) is 6.28. The number of nitrogens with zero attached hydrogens (tertiary/aromatic N) is 4. The van der Waals surface area contributed by atoms with Gasteiger partial charge in [0.15, 0.2) is 11.5 Å². The van der Waals surface area contributed by atoms with Gasteiger partial charge in [-0.3, -0.25) is 14.4 Å². The normalized spacial score (nSPS) is 13.5. The molecule has 2 amide bonds. The van der Waals surface area contributed by atoms with Gasteiger partial charge in [0.2, 0.25) is 28.8 Å². The fraction of sp³-hybridized carbons (Fsp3) is 0.290. The first-order valence-electron chi connectivity index (χ1n) is 13.9. The number of ether oxygens (including phenoxy) is 3. The molecule has 0 saturated heterocycles. The number of fused-ring (bicyclic) bond motifs is 3. The van der Waals surface area contributed by atoms with E-state index in [1.807, 2.05) is 12.1 Å². The van der Waals surface area contributed by atoms with Gasteiger partial charge < -0.3 is 30.2 Å². The first kappa shape index (κ1) is 30.0. The molecule has 0 saturated carbocycles. The van der Waals surface area contributed by atoms with Crippen LogP contribution in [0.15, 0.2) is 53.3 Å².